The topological polar surface area (TPSA) is 81.9 Å². The molecule has 1 aromatic heterocycles. The lowest BCUT2D eigenvalue weighted by Gasteiger charge is -2.06. The van der Waals surface area contributed by atoms with E-state index in [1.165, 1.54) is 10.4 Å². The van der Waals surface area contributed by atoms with Crippen molar-refractivity contribution in [2.24, 2.45) is 0 Å². The number of benzene rings is 2. The molecule has 3 rings (SSSR count). The second kappa shape index (κ2) is 7.57. The molecule has 0 aliphatic carbocycles. The van der Waals surface area contributed by atoms with Crippen molar-refractivity contribution in [1.29, 1.82) is 0 Å². The van der Waals surface area contributed by atoms with Crippen molar-refractivity contribution in [2.75, 3.05) is 12.4 Å². The van der Waals surface area contributed by atoms with Crippen LogP contribution in [0.2, 0.25) is 0 Å². The molecule has 1 heterocycles. The van der Waals surface area contributed by atoms with E-state index >= 15 is 0 Å². The maximum Gasteiger partial charge on any atom is 0.226 e. The highest BCUT2D eigenvalue weighted by molar-refractivity contribution is 5.90. The van der Waals surface area contributed by atoms with Crippen LogP contribution in [0.1, 0.15) is 12.0 Å². The average molecular weight is 337 g/mol. The number of hydrogen-bond donors (Lipinski definition) is 1. The van der Waals surface area contributed by atoms with Crippen molar-refractivity contribution in [3.8, 4) is 17.1 Å². The lowest BCUT2D eigenvalue weighted by molar-refractivity contribution is -0.116. The monoisotopic (exact) mass is 337 g/mol. The van der Waals surface area contributed by atoms with Gasteiger partial charge in [0.25, 0.3) is 0 Å². The first kappa shape index (κ1) is 16.6. The van der Waals surface area contributed by atoms with Gasteiger partial charge in [0.05, 0.1) is 13.7 Å². The zero-order valence-electron chi connectivity index (χ0n) is 14.1. The van der Waals surface area contributed by atoms with Crippen LogP contribution in [0.25, 0.3) is 11.4 Å². The van der Waals surface area contributed by atoms with E-state index in [1.807, 2.05) is 49.4 Å². The van der Waals surface area contributed by atoms with Crippen LogP contribution in [0.15, 0.2) is 48.5 Å². The predicted octanol–water partition coefficient (Wildman–Crippen LogP) is 2.69. The fraction of sp³-hybridized carbons (Fsp3) is 0.222. The average Bonchev–Trinajstić information content (AvgIpc) is 3.10. The standard InChI is InChI=1S/C18H19N5O2/c1-13-6-8-14(9-7-13)18-20-22-23(21-18)11-10-17(24)19-15-4-3-5-16(12-15)25-2/h3-9,12H,10-11H2,1-2H3,(H,19,24). The van der Waals surface area contributed by atoms with Crippen molar-refractivity contribution in [1.82, 2.24) is 20.2 Å². The zero-order valence-corrected chi connectivity index (χ0v) is 14.1. The third-order valence-electron chi connectivity index (χ3n) is 3.65. The largest absolute Gasteiger partial charge is 0.497 e. The molecule has 0 aliphatic heterocycles. The normalized spacial score (nSPS) is 10.5. The molecule has 0 saturated carbocycles. The molecule has 2 aromatic carbocycles. The second-order valence-electron chi connectivity index (χ2n) is 5.61. The highest BCUT2D eigenvalue weighted by Crippen LogP contribution is 2.17. The van der Waals surface area contributed by atoms with Crippen LogP contribution in [0, 0.1) is 6.92 Å². The van der Waals surface area contributed by atoms with E-state index in [1.54, 1.807) is 13.2 Å². The van der Waals surface area contributed by atoms with Gasteiger partial charge in [-0.1, -0.05) is 35.9 Å². The Labute approximate surface area is 145 Å². The summed E-state index contributed by atoms with van der Waals surface area (Å²) in [4.78, 5) is 13.5. The maximum absolute atomic E-state index is 12.1. The molecular formula is C18H19N5O2. The molecule has 0 unspecified atom stereocenters. The first-order valence-electron chi connectivity index (χ1n) is 7.93. The van der Waals surface area contributed by atoms with E-state index in [2.05, 4.69) is 20.7 Å². The number of aromatic nitrogens is 4. The summed E-state index contributed by atoms with van der Waals surface area (Å²) in [5, 5.41) is 15.2. The summed E-state index contributed by atoms with van der Waals surface area (Å²) < 4.78 is 5.13. The van der Waals surface area contributed by atoms with E-state index in [-0.39, 0.29) is 12.3 Å². The third kappa shape index (κ3) is 4.41. The number of nitrogens with zero attached hydrogens (tertiary/aromatic N) is 4. The first-order valence-corrected chi connectivity index (χ1v) is 7.93. The summed E-state index contributed by atoms with van der Waals surface area (Å²) >= 11 is 0. The number of hydrogen-bond acceptors (Lipinski definition) is 5. The number of nitrogens with one attached hydrogen (secondary N) is 1. The number of aryl methyl sites for hydroxylation is 2. The highest BCUT2D eigenvalue weighted by Gasteiger charge is 2.08. The number of tetrazole rings is 1. The second-order valence-corrected chi connectivity index (χ2v) is 5.61. The molecule has 0 radical (unpaired) electrons. The molecule has 1 amide bonds. The molecule has 7 nitrogen and oxygen atoms in total. The van der Waals surface area contributed by atoms with Crippen molar-refractivity contribution >= 4 is 11.6 Å². The van der Waals surface area contributed by atoms with Gasteiger partial charge in [-0.2, -0.15) is 4.80 Å². The Bertz CT molecular complexity index is 858. The van der Waals surface area contributed by atoms with Gasteiger partial charge in [-0.25, -0.2) is 0 Å². The van der Waals surface area contributed by atoms with E-state index in [4.69, 9.17) is 4.74 Å². The van der Waals surface area contributed by atoms with Gasteiger partial charge < -0.3 is 10.1 Å². The molecule has 0 spiro atoms. The minimum absolute atomic E-state index is 0.123. The molecule has 0 saturated heterocycles. The summed E-state index contributed by atoms with van der Waals surface area (Å²) in [6.07, 6.45) is 0.251. The van der Waals surface area contributed by atoms with Crippen LogP contribution >= 0.6 is 0 Å². The molecule has 0 atom stereocenters. The maximum atomic E-state index is 12.1. The lowest BCUT2D eigenvalue weighted by Crippen LogP contribution is -2.15. The van der Waals surface area contributed by atoms with E-state index in [0.717, 1.165) is 5.56 Å². The molecule has 0 bridgehead atoms. The van der Waals surface area contributed by atoms with Crippen LogP contribution in [0.3, 0.4) is 0 Å². The van der Waals surface area contributed by atoms with E-state index in [9.17, 15) is 4.79 Å². The molecule has 3 aromatic rings. The van der Waals surface area contributed by atoms with Gasteiger partial charge in [-0.15, -0.1) is 10.2 Å². The molecule has 128 valence electrons. The van der Waals surface area contributed by atoms with Gasteiger partial charge in [-0.05, 0) is 24.3 Å². The van der Waals surface area contributed by atoms with Crippen molar-refractivity contribution in [3.05, 3.63) is 54.1 Å². The third-order valence-corrected chi connectivity index (χ3v) is 3.65. The van der Waals surface area contributed by atoms with Gasteiger partial charge in [0, 0.05) is 23.7 Å². The van der Waals surface area contributed by atoms with Crippen LogP contribution in [0.4, 0.5) is 5.69 Å². The van der Waals surface area contributed by atoms with Gasteiger partial charge in [0.15, 0.2) is 0 Å². The molecule has 0 aliphatic rings. The SMILES string of the molecule is COc1cccc(NC(=O)CCn2nnc(-c3ccc(C)cc3)n2)c1. The van der Waals surface area contributed by atoms with Gasteiger partial charge in [0.1, 0.15) is 5.75 Å². The highest BCUT2D eigenvalue weighted by atomic mass is 16.5. The minimum atomic E-state index is -0.123. The number of amides is 1. The van der Waals surface area contributed by atoms with Crippen LogP contribution in [-0.2, 0) is 11.3 Å². The molecule has 7 heteroatoms. The number of carbonyl (C=O) groups excluding carboxylic acids is 1. The van der Waals surface area contributed by atoms with Crippen molar-refractivity contribution < 1.29 is 9.53 Å². The Balaban J connectivity index is 1.56. The van der Waals surface area contributed by atoms with Crippen LogP contribution in [0.5, 0.6) is 5.75 Å². The Morgan fingerprint density at radius 1 is 1.20 bits per heavy atom. The van der Waals surface area contributed by atoms with Gasteiger partial charge >= 0.3 is 0 Å². The van der Waals surface area contributed by atoms with Crippen molar-refractivity contribution in [2.45, 2.75) is 19.9 Å². The number of anilines is 1. The number of rotatable bonds is 6. The molecule has 1 N–H and O–H groups in total. The van der Waals surface area contributed by atoms with Crippen LogP contribution < -0.4 is 10.1 Å². The minimum Gasteiger partial charge on any atom is -0.497 e. The fourth-order valence-corrected chi connectivity index (χ4v) is 2.28. The Morgan fingerprint density at radius 2 is 2.00 bits per heavy atom. The molecule has 25 heavy (non-hydrogen) atoms. The Morgan fingerprint density at radius 3 is 2.76 bits per heavy atom. The Hall–Kier alpha value is -3.22. The lowest BCUT2D eigenvalue weighted by atomic mass is 10.1. The van der Waals surface area contributed by atoms with Crippen LogP contribution in [-0.4, -0.2) is 33.2 Å². The van der Waals surface area contributed by atoms with E-state index < -0.39 is 0 Å². The number of methoxy groups -OCH3 is 1. The fourth-order valence-electron chi connectivity index (χ4n) is 2.28. The number of carbonyl (C=O) groups is 1. The predicted molar refractivity (Wildman–Crippen MR) is 94.2 cm³/mol. The smallest absolute Gasteiger partial charge is 0.226 e. The van der Waals surface area contributed by atoms with Crippen molar-refractivity contribution in [3.63, 3.8) is 0 Å². The summed E-state index contributed by atoms with van der Waals surface area (Å²) in [7, 11) is 1.59. The first-order chi connectivity index (χ1) is 12.1. The summed E-state index contributed by atoms with van der Waals surface area (Å²) in [6, 6.07) is 15.1. The van der Waals surface area contributed by atoms with Gasteiger partial charge in [0.2, 0.25) is 11.7 Å². The summed E-state index contributed by atoms with van der Waals surface area (Å²) in [5.74, 6) is 1.12. The van der Waals surface area contributed by atoms with Gasteiger partial charge in [-0.3, -0.25) is 4.79 Å². The summed E-state index contributed by atoms with van der Waals surface area (Å²) in [6.45, 7) is 2.38. The Kier molecular flexibility index (Phi) is 5.03. The van der Waals surface area contributed by atoms with E-state index in [0.29, 0.717) is 23.8 Å². The molecule has 0 fully saturated rings. The molecular weight excluding hydrogens is 318 g/mol. The number of ether oxygens (including phenoxy) is 1. The summed E-state index contributed by atoms with van der Waals surface area (Å²) in [5.41, 5.74) is 2.76. The quantitative estimate of drug-likeness (QED) is 0.748. The zero-order chi connectivity index (χ0) is 17.6.